The maximum atomic E-state index is 6.14. The fourth-order valence-electron chi connectivity index (χ4n) is 1.85. The summed E-state index contributed by atoms with van der Waals surface area (Å²) in [7, 11) is 0. The van der Waals surface area contributed by atoms with E-state index in [1.807, 2.05) is 19.1 Å². The quantitative estimate of drug-likeness (QED) is 0.928. The molecule has 1 aliphatic rings. The van der Waals surface area contributed by atoms with Gasteiger partial charge in [-0.05, 0) is 43.6 Å². The third-order valence-corrected chi connectivity index (χ3v) is 3.44. The first-order valence-corrected chi connectivity index (χ1v) is 5.78. The van der Waals surface area contributed by atoms with E-state index in [0.717, 1.165) is 17.1 Å². The van der Waals surface area contributed by atoms with Crippen LogP contribution in [0.1, 0.15) is 23.6 Å². The molecule has 0 amide bonds. The molecular weight excluding hydrogens is 279 g/mol. The van der Waals surface area contributed by atoms with Crippen molar-refractivity contribution in [1.82, 2.24) is 4.90 Å². The van der Waals surface area contributed by atoms with Gasteiger partial charge in [0.2, 0.25) is 0 Å². The Hall–Kier alpha value is 0.01000. The minimum atomic E-state index is 0. The molecule has 1 aromatic rings. The second kappa shape index (κ2) is 7.45. The molecule has 0 aliphatic carbocycles. The van der Waals surface area contributed by atoms with E-state index in [1.165, 1.54) is 25.1 Å². The maximum Gasteiger partial charge on any atom is 0.0435 e. The van der Waals surface area contributed by atoms with E-state index in [4.69, 9.17) is 17.3 Å². The van der Waals surface area contributed by atoms with Crippen LogP contribution >= 0.6 is 36.4 Å². The van der Waals surface area contributed by atoms with Crippen molar-refractivity contribution < 1.29 is 0 Å². The zero-order valence-corrected chi connectivity index (χ0v) is 12.2. The predicted molar refractivity (Wildman–Crippen MR) is 78.7 cm³/mol. The molecule has 0 saturated carbocycles. The average molecular weight is 298 g/mol. The molecule has 0 radical (unpaired) electrons. The van der Waals surface area contributed by atoms with Gasteiger partial charge in [-0.15, -0.1) is 24.8 Å². The highest BCUT2D eigenvalue weighted by Gasteiger charge is 2.17. The molecule has 0 aromatic heterocycles. The lowest BCUT2D eigenvalue weighted by Crippen LogP contribution is -2.41. The van der Waals surface area contributed by atoms with Crippen molar-refractivity contribution in [2.24, 2.45) is 5.73 Å². The summed E-state index contributed by atoms with van der Waals surface area (Å²) in [5.74, 6) is 0. The molecule has 1 atom stereocenters. The topological polar surface area (TPSA) is 29.3 Å². The summed E-state index contributed by atoms with van der Waals surface area (Å²) < 4.78 is 0. The van der Waals surface area contributed by atoms with E-state index < -0.39 is 0 Å². The molecule has 0 unspecified atom stereocenters. The molecule has 0 spiro atoms. The highest BCUT2D eigenvalue weighted by molar-refractivity contribution is 6.31. The first-order chi connectivity index (χ1) is 7.16. The fraction of sp³-hybridized carbons (Fsp3) is 0.500. The van der Waals surface area contributed by atoms with Crippen LogP contribution in [-0.2, 0) is 0 Å². The van der Waals surface area contributed by atoms with E-state index >= 15 is 0 Å². The van der Waals surface area contributed by atoms with Crippen molar-refractivity contribution in [3.05, 3.63) is 34.3 Å². The third-order valence-electron chi connectivity index (χ3n) is 3.01. The van der Waals surface area contributed by atoms with Crippen LogP contribution in [0.25, 0.3) is 0 Å². The molecule has 17 heavy (non-hydrogen) atoms. The molecule has 1 heterocycles. The summed E-state index contributed by atoms with van der Waals surface area (Å²) >= 11 is 5.98. The van der Waals surface area contributed by atoms with Crippen LogP contribution in [0.15, 0.2) is 18.2 Å². The van der Waals surface area contributed by atoms with Crippen LogP contribution < -0.4 is 5.73 Å². The Morgan fingerprint density at radius 1 is 1.35 bits per heavy atom. The van der Waals surface area contributed by atoms with Gasteiger partial charge in [0.1, 0.15) is 0 Å². The van der Waals surface area contributed by atoms with Crippen LogP contribution in [0.2, 0.25) is 5.02 Å². The van der Waals surface area contributed by atoms with Crippen LogP contribution in [0.3, 0.4) is 0 Å². The number of hydrogen-bond acceptors (Lipinski definition) is 2. The highest BCUT2D eigenvalue weighted by atomic mass is 35.5. The normalized spacial score (nSPS) is 16.4. The summed E-state index contributed by atoms with van der Waals surface area (Å²) in [5.41, 5.74) is 8.43. The number of hydrogen-bond donors (Lipinski definition) is 1. The van der Waals surface area contributed by atoms with Gasteiger partial charge >= 0.3 is 0 Å². The summed E-state index contributed by atoms with van der Waals surface area (Å²) in [6.45, 7) is 5.36. The maximum absolute atomic E-state index is 6.14. The van der Waals surface area contributed by atoms with E-state index in [9.17, 15) is 0 Å². The zero-order valence-electron chi connectivity index (χ0n) is 9.86. The summed E-state index contributed by atoms with van der Waals surface area (Å²) in [5, 5.41) is 0.815. The Morgan fingerprint density at radius 2 is 2.00 bits per heavy atom. The number of rotatable bonds is 3. The molecule has 1 aliphatic heterocycles. The second-order valence-corrected chi connectivity index (χ2v) is 4.68. The summed E-state index contributed by atoms with van der Waals surface area (Å²) in [4.78, 5) is 2.38. The molecule has 2 nitrogen and oxygen atoms in total. The van der Waals surface area contributed by atoms with E-state index in [-0.39, 0.29) is 30.9 Å². The zero-order chi connectivity index (χ0) is 10.8. The molecule has 0 bridgehead atoms. The van der Waals surface area contributed by atoms with E-state index in [2.05, 4.69) is 11.0 Å². The lowest BCUT2D eigenvalue weighted by molar-refractivity contribution is 0.170. The molecule has 5 heteroatoms. The lowest BCUT2D eigenvalue weighted by atomic mass is 10.0. The van der Waals surface area contributed by atoms with Gasteiger partial charge in [-0.1, -0.05) is 23.7 Å². The molecule has 2 rings (SSSR count). The van der Waals surface area contributed by atoms with Crippen molar-refractivity contribution in [3.63, 3.8) is 0 Å². The van der Waals surface area contributed by atoms with Crippen molar-refractivity contribution in [2.45, 2.75) is 19.4 Å². The van der Waals surface area contributed by atoms with Crippen LogP contribution in [-0.4, -0.2) is 24.5 Å². The first kappa shape index (κ1) is 17.0. The molecule has 1 aromatic carbocycles. The van der Waals surface area contributed by atoms with Gasteiger partial charge in [0, 0.05) is 17.6 Å². The number of benzene rings is 1. The predicted octanol–water partition coefficient (Wildman–Crippen LogP) is 3.20. The Morgan fingerprint density at radius 3 is 2.47 bits per heavy atom. The number of halogens is 3. The Balaban J connectivity index is 0.00000128. The average Bonchev–Trinajstić information content (AvgIpc) is 2.15. The SMILES string of the molecule is Cc1cc([C@H](N)CN2CCC2)ccc1Cl.Cl.Cl. The lowest BCUT2D eigenvalue weighted by Gasteiger charge is -2.33. The van der Waals surface area contributed by atoms with Crippen molar-refractivity contribution >= 4 is 36.4 Å². The van der Waals surface area contributed by atoms with Crippen molar-refractivity contribution in [2.75, 3.05) is 19.6 Å². The van der Waals surface area contributed by atoms with Gasteiger partial charge in [-0.3, -0.25) is 0 Å². The van der Waals surface area contributed by atoms with Gasteiger partial charge in [0.15, 0.2) is 0 Å². The smallest absolute Gasteiger partial charge is 0.0435 e. The van der Waals surface area contributed by atoms with E-state index in [0.29, 0.717) is 0 Å². The number of nitrogens with two attached hydrogens (primary N) is 1. The van der Waals surface area contributed by atoms with Crippen molar-refractivity contribution in [1.29, 1.82) is 0 Å². The standard InChI is InChI=1S/C12H17ClN2.2ClH/c1-9-7-10(3-4-11(9)13)12(14)8-15-5-2-6-15;;/h3-4,7,12H,2,5-6,8,14H2,1H3;2*1H/t12-;;/m1../s1. The number of aryl methyl sites for hydroxylation is 1. The van der Waals surface area contributed by atoms with Crippen molar-refractivity contribution in [3.8, 4) is 0 Å². The summed E-state index contributed by atoms with van der Waals surface area (Å²) in [6, 6.07) is 6.16. The monoisotopic (exact) mass is 296 g/mol. The van der Waals surface area contributed by atoms with Gasteiger partial charge in [-0.25, -0.2) is 0 Å². The molecule has 2 N–H and O–H groups in total. The fourth-order valence-corrected chi connectivity index (χ4v) is 1.96. The van der Waals surface area contributed by atoms with Gasteiger partial charge in [-0.2, -0.15) is 0 Å². The largest absolute Gasteiger partial charge is 0.323 e. The Bertz CT molecular complexity index is 354. The highest BCUT2D eigenvalue weighted by Crippen LogP contribution is 2.21. The Labute approximate surface area is 120 Å². The van der Waals surface area contributed by atoms with Gasteiger partial charge in [0.25, 0.3) is 0 Å². The minimum Gasteiger partial charge on any atom is -0.323 e. The van der Waals surface area contributed by atoms with Crippen LogP contribution in [0.4, 0.5) is 0 Å². The molecular formula is C12H19Cl3N2. The number of likely N-dealkylation sites (tertiary alicyclic amines) is 1. The third kappa shape index (κ3) is 4.31. The van der Waals surface area contributed by atoms with E-state index in [1.54, 1.807) is 0 Å². The molecule has 98 valence electrons. The minimum absolute atomic E-state index is 0. The summed E-state index contributed by atoms with van der Waals surface area (Å²) in [6.07, 6.45) is 1.31. The van der Waals surface area contributed by atoms with Crippen LogP contribution in [0, 0.1) is 6.92 Å². The van der Waals surface area contributed by atoms with Crippen LogP contribution in [0.5, 0.6) is 0 Å². The molecule has 1 saturated heterocycles. The Kier molecular flexibility index (Phi) is 7.45. The van der Waals surface area contributed by atoms with Gasteiger partial charge < -0.3 is 10.6 Å². The number of nitrogens with zero attached hydrogens (tertiary/aromatic N) is 1. The first-order valence-electron chi connectivity index (χ1n) is 5.41. The second-order valence-electron chi connectivity index (χ2n) is 4.27. The molecule has 1 fully saturated rings. The van der Waals surface area contributed by atoms with Gasteiger partial charge in [0.05, 0.1) is 0 Å².